The fraction of sp³-hybridized carbons (Fsp3) is 0.0800. The lowest BCUT2D eigenvalue weighted by Crippen LogP contribution is -2.54. The second kappa shape index (κ2) is 10.00. The number of hydrogen-bond donors (Lipinski definition) is 1. The SMILES string of the molecule is Cc1ccc(S(=O)(=O)Oc2ccc(/C=C3/C(=O)NC(=O)N(c4ccc(Br)cc4C)C3=O)cc2Br)cc1. The second-order valence-corrected chi connectivity index (χ2v) is 11.2. The quantitative estimate of drug-likeness (QED) is 0.233. The second-order valence-electron chi connectivity index (χ2n) is 7.93. The minimum Gasteiger partial charge on any atom is -0.378 e. The Hall–Kier alpha value is -3.28. The van der Waals surface area contributed by atoms with Gasteiger partial charge in [0.05, 0.1) is 10.2 Å². The van der Waals surface area contributed by atoms with Crippen molar-refractivity contribution < 1.29 is 27.0 Å². The Balaban J connectivity index is 1.63. The molecule has 0 aliphatic carbocycles. The molecule has 4 rings (SSSR count). The Morgan fingerprint density at radius 3 is 2.25 bits per heavy atom. The summed E-state index contributed by atoms with van der Waals surface area (Å²) in [7, 11) is -4.07. The van der Waals surface area contributed by atoms with E-state index in [2.05, 4.69) is 37.2 Å². The van der Waals surface area contributed by atoms with Gasteiger partial charge in [0.1, 0.15) is 10.5 Å². The third kappa shape index (κ3) is 5.28. The zero-order chi connectivity index (χ0) is 26.2. The first-order valence-corrected chi connectivity index (χ1v) is 13.4. The van der Waals surface area contributed by atoms with Gasteiger partial charge in [0, 0.05) is 4.47 Å². The van der Waals surface area contributed by atoms with E-state index in [9.17, 15) is 22.8 Å². The summed E-state index contributed by atoms with van der Waals surface area (Å²) in [6.07, 6.45) is 1.31. The number of anilines is 1. The van der Waals surface area contributed by atoms with Crippen molar-refractivity contribution in [3.05, 3.63) is 91.9 Å². The number of amides is 4. The van der Waals surface area contributed by atoms with Crippen molar-refractivity contribution in [2.45, 2.75) is 18.7 Å². The van der Waals surface area contributed by atoms with Crippen molar-refractivity contribution in [3.63, 3.8) is 0 Å². The van der Waals surface area contributed by atoms with Gasteiger partial charge in [-0.3, -0.25) is 14.9 Å². The molecule has 184 valence electrons. The zero-order valence-electron chi connectivity index (χ0n) is 18.9. The summed E-state index contributed by atoms with van der Waals surface area (Å²) in [5.74, 6) is -1.60. The average molecular weight is 634 g/mol. The maximum atomic E-state index is 13.2. The van der Waals surface area contributed by atoms with Crippen molar-refractivity contribution in [2.75, 3.05) is 4.90 Å². The zero-order valence-corrected chi connectivity index (χ0v) is 22.9. The molecule has 1 saturated heterocycles. The minimum absolute atomic E-state index is 0.00339. The van der Waals surface area contributed by atoms with E-state index in [0.717, 1.165) is 14.9 Å². The molecule has 3 aromatic rings. The minimum atomic E-state index is -4.07. The van der Waals surface area contributed by atoms with Gasteiger partial charge in [0.15, 0.2) is 5.75 Å². The van der Waals surface area contributed by atoms with Gasteiger partial charge in [-0.2, -0.15) is 8.42 Å². The average Bonchev–Trinajstić information content (AvgIpc) is 2.80. The van der Waals surface area contributed by atoms with E-state index in [4.69, 9.17) is 4.18 Å². The van der Waals surface area contributed by atoms with Gasteiger partial charge in [-0.25, -0.2) is 9.69 Å². The smallest absolute Gasteiger partial charge is 0.339 e. The fourth-order valence-electron chi connectivity index (χ4n) is 3.46. The van der Waals surface area contributed by atoms with Gasteiger partial charge < -0.3 is 4.18 Å². The first-order chi connectivity index (χ1) is 17.0. The fourth-order valence-corrected chi connectivity index (χ4v) is 5.47. The number of nitrogens with one attached hydrogen (secondary N) is 1. The maximum absolute atomic E-state index is 13.2. The lowest BCUT2D eigenvalue weighted by Gasteiger charge is -2.27. The van der Waals surface area contributed by atoms with Crippen LogP contribution in [-0.4, -0.2) is 26.3 Å². The molecule has 1 aliphatic rings. The topological polar surface area (TPSA) is 110 Å². The van der Waals surface area contributed by atoms with E-state index in [-0.39, 0.29) is 20.7 Å². The van der Waals surface area contributed by atoms with Crippen LogP contribution in [0.3, 0.4) is 0 Å². The van der Waals surface area contributed by atoms with Crippen LogP contribution in [0.1, 0.15) is 16.7 Å². The largest absolute Gasteiger partial charge is 0.378 e. The van der Waals surface area contributed by atoms with Gasteiger partial charge in [-0.1, -0.05) is 39.7 Å². The van der Waals surface area contributed by atoms with Crippen LogP contribution >= 0.6 is 31.9 Å². The van der Waals surface area contributed by atoms with Gasteiger partial charge in [-0.05, 0) is 89.4 Å². The summed E-state index contributed by atoms with van der Waals surface area (Å²) >= 11 is 6.62. The molecule has 36 heavy (non-hydrogen) atoms. The van der Waals surface area contributed by atoms with Gasteiger partial charge in [-0.15, -0.1) is 0 Å². The lowest BCUT2D eigenvalue weighted by molar-refractivity contribution is -0.122. The van der Waals surface area contributed by atoms with E-state index in [1.165, 1.54) is 36.4 Å². The molecule has 11 heteroatoms. The highest BCUT2D eigenvalue weighted by atomic mass is 79.9. The number of imide groups is 2. The molecule has 8 nitrogen and oxygen atoms in total. The van der Waals surface area contributed by atoms with Crippen LogP contribution < -0.4 is 14.4 Å². The Bertz CT molecular complexity index is 1550. The van der Waals surface area contributed by atoms with E-state index >= 15 is 0 Å². The molecule has 1 fully saturated rings. The van der Waals surface area contributed by atoms with E-state index in [0.29, 0.717) is 16.8 Å². The maximum Gasteiger partial charge on any atom is 0.339 e. The molecule has 4 amide bonds. The predicted octanol–water partition coefficient (Wildman–Crippen LogP) is 5.26. The van der Waals surface area contributed by atoms with Gasteiger partial charge >= 0.3 is 16.1 Å². The number of benzene rings is 3. The van der Waals surface area contributed by atoms with Crippen LogP contribution in [0, 0.1) is 13.8 Å². The number of hydrogen-bond acceptors (Lipinski definition) is 6. The molecular weight excluding hydrogens is 616 g/mol. The Morgan fingerprint density at radius 2 is 1.61 bits per heavy atom. The summed E-state index contributed by atoms with van der Waals surface area (Å²) < 4.78 is 31.5. The first-order valence-electron chi connectivity index (χ1n) is 10.4. The molecule has 1 N–H and O–H groups in total. The van der Waals surface area contributed by atoms with Crippen molar-refractivity contribution in [1.82, 2.24) is 5.32 Å². The monoisotopic (exact) mass is 632 g/mol. The summed E-state index contributed by atoms with van der Waals surface area (Å²) in [5.41, 5.74) is 2.04. The molecule has 1 heterocycles. The van der Waals surface area contributed by atoms with Crippen LogP contribution in [0.15, 0.2) is 80.1 Å². The third-order valence-electron chi connectivity index (χ3n) is 5.28. The molecular formula is C25H18Br2N2O6S. The molecule has 0 radical (unpaired) electrons. The van der Waals surface area contributed by atoms with Crippen molar-refractivity contribution >= 4 is 71.6 Å². The normalized spacial score (nSPS) is 15.3. The summed E-state index contributed by atoms with van der Waals surface area (Å²) in [6.45, 7) is 3.58. The number of barbiturate groups is 1. The van der Waals surface area contributed by atoms with E-state index < -0.39 is 28.0 Å². The molecule has 1 aliphatic heterocycles. The van der Waals surface area contributed by atoms with Crippen LogP contribution in [0.25, 0.3) is 6.08 Å². The van der Waals surface area contributed by atoms with E-state index in [1.54, 1.807) is 37.3 Å². The Kier molecular flexibility index (Phi) is 7.17. The molecule has 0 saturated carbocycles. The van der Waals surface area contributed by atoms with Gasteiger partial charge in [0.25, 0.3) is 11.8 Å². The third-order valence-corrected chi connectivity index (χ3v) is 7.64. The van der Waals surface area contributed by atoms with Crippen molar-refractivity contribution in [1.29, 1.82) is 0 Å². The highest BCUT2D eigenvalue weighted by Gasteiger charge is 2.37. The summed E-state index contributed by atoms with van der Waals surface area (Å²) in [4.78, 5) is 39.0. The van der Waals surface area contributed by atoms with E-state index in [1.807, 2.05) is 6.92 Å². The number of aryl methyl sites for hydroxylation is 2. The number of halogens is 2. The molecule has 3 aromatic carbocycles. The molecule has 0 bridgehead atoms. The Morgan fingerprint density at radius 1 is 0.917 bits per heavy atom. The van der Waals surface area contributed by atoms with Crippen LogP contribution in [-0.2, 0) is 19.7 Å². The van der Waals surface area contributed by atoms with Crippen LogP contribution in [0.2, 0.25) is 0 Å². The highest BCUT2D eigenvalue weighted by Crippen LogP contribution is 2.31. The van der Waals surface area contributed by atoms with Gasteiger partial charge in [0.2, 0.25) is 0 Å². The molecule has 0 aromatic heterocycles. The van der Waals surface area contributed by atoms with Crippen molar-refractivity contribution in [2.24, 2.45) is 0 Å². The number of urea groups is 1. The van der Waals surface area contributed by atoms with Crippen molar-refractivity contribution in [3.8, 4) is 5.75 Å². The van der Waals surface area contributed by atoms with Crippen LogP contribution in [0.5, 0.6) is 5.75 Å². The first kappa shape index (κ1) is 25.8. The Labute approximate surface area is 224 Å². The molecule has 0 unspecified atom stereocenters. The number of carbonyl (C=O) groups excluding carboxylic acids is 3. The number of carbonyl (C=O) groups is 3. The predicted molar refractivity (Wildman–Crippen MR) is 141 cm³/mol. The summed E-state index contributed by atoms with van der Waals surface area (Å²) in [6, 6.07) is 14.8. The lowest BCUT2D eigenvalue weighted by atomic mass is 10.1. The molecule has 0 atom stereocenters. The standard InChI is InChI=1S/C25H18Br2N2O6S/c1-14-3-7-18(8-4-14)36(33,34)35-22-10-5-16(13-20(22)27)12-19-23(30)28-25(32)29(24(19)31)21-9-6-17(26)11-15(21)2/h3-13H,1-2H3,(H,28,30,32)/b19-12-. The highest BCUT2D eigenvalue weighted by molar-refractivity contribution is 9.10. The molecule has 0 spiro atoms. The van der Waals surface area contributed by atoms with Crippen LogP contribution in [0.4, 0.5) is 10.5 Å². The number of rotatable bonds is 5. The number of nitrogens with zero attached hydrogens (tertiary/aromatic N) is 1. The summed E-state index contributed by atoms with van der Waals surface area (Å²) in [5, 5.41) is 2.18.